The van der Waals surface area contributed by atoms with Crippen molar-refractivity contribution in [3.63, 3.8) is 0 Å². The smallest absolute Gasteiger partial charge is 0.166 e. The van der Waals surface area contributed by atoms with Crippen LogP contribution in [0.25, 0.3) is 11.2 Å². The fourth-order valence-electron chi connectivity index (χ4n) is 1.51. The summed E-state index contributed by atoms with van der Waals surface area (Å²) < 4.78 is 19.0. The predicted molar refractivity (Wildman–Crippen MR) is 64.3 cm³/mol. The topological polar surface area (TPSA) is 93.3 Å². The van der Waals surface area contributed by atoms with Gasteiger partial charge in [-0.05, 0) is 0 Å². The molecule has 0 saturated heterocycles. The molecule has 19 heavy (non-hydrogen) atoms. The van der Waals surface area contributed by atoms with Gasteiger partial charge < -0.3 is 14.9 Å². The molecule has 1 unspecified atom stereocenters. The maximum Gasteiger partial charge on any atom is 0.166 e. The Morgan fingerprint density at radius 1 is 1.42 bits per heavy atom. The minimum atomic E-state index is -1.38. The van der Waals surface area contributed by atoms with Crippen molar-refractivity contribution in [2.45, 2.75) is 18.9 Å². The number of halogens is 2. The number of alkyl halides is 1. The number of aliphatic hydroxyl groups is 2. The molecule has 2 atom stereocenters. The monoisotopic (exact) mass is 290 g/mol. The van der Waals surface area contributed by atoms with E-state index in [1.54, 1.807) is 0 Å². The quantitative estimate of drug-likeness (QED) is 0.735. The Bertz CT molecular complexity index is 553. The highest BCUT2D eigenvalue weighted by atomic mass is 35.5. The zero-order valence-corrected chi connectivity index (χ0v) is 10.5. The van der Waals surface area contributed by atoms with Crippen LogP contribution in [0.15, 0.2) is 12.7 Å². The molecule has 104 valence electrons. The number of hydrogen-bond donors (Lipinski definition) is 2. The van der Waals surface area contributed by atoms with Crippen molar-refractivity contribution in [2.75, 3.05) is 13.3 Å². The summed E-state index contributed by atoms with van der Waals surface area (Å²) in [4.78, 5) is 11.8. The normalized spacial score (nSPS) is 14.7. The van der Waals surface area contributed by atoms with Crippen molar-refractivity contribution in [2.24, 2.45) is 0 Å². The number of ether oxygens (including phenoxy) is 1. The van der Waals surface area contributed by atoms with Crippen LogP contribution < -0.4 is 0 Å². The van der Waals surface area contributed by atoms with Crippen molar-refractivity contribution in [3.8, 4) is 0 Å². The lowest BCUT2D eigenvalue weighted by Gasteiger charge is -2.19. The first-order valence-corrected chi connectivity index (χ1v) is 5.83. The highest BCUT2D eigenvalue weighted by Crippen LogP contribution is 2.17. The average Bonchev–Trinajstić information content (AvgIpc) is 2.84. The molecular formula is C10H12ClFN4O3. The van der Waals surface area contributed by atoms with E-state index in [4.69, 9.17) is 21.4 Å². The maximum absolute atomic E-state index is 12.3. The van der Waals surface area contributed by atoms with Crippen LogP contribution in [-0.2, 0) is 11.5 Å². The van der Waals surface area contributed by atoms with Crippen molar-refractivity contribution >= 4 is 22.8 Å². The average molecular weight is 291 g/mol. The Labute approximate surface area is 112 Å². The summed E-state index contributed by atoms with van der Waals surface area (Å²) in [6.45, 7) is -1.54. The molecule has 2 rings (SSSR count). The van der Waals surface area contributed by atoms with Gasteiger partial charge in [-0.25, -0.2) is 19.3 Å². The summed E-state index contributed by atoms with van der Waals surface area (Å²) in [5.41, 5.74) is 0.866. The Morgan fingerprint density at radius 2 is 2.21 bits per heavy atom. The van der Waals surface area contributed by atoms with E-state index in [0.29, 0.717) is 11.2 Å². The first kappa shape index (κ1) is 14.1. The Morgan fingerprint density at radius 3 is 2.89 bits per heavy atom. The van der Waals surface area contributed by atoms with Gasteiger partial charge in [0.2, 0.25) is 0 Å². The summed E-state index contributed by atoms with van der Waals surface area (Å²) in [5, 5.41) is 18.5. The third-order valence-corrected chi connectivity index (χ3v) is 2.83. The zero-order chi connectivity index (χ0) is 13.8. The molecule has 2 aromatic heterocycles. The molecule has 9 heteroatoms. The number of aliphatic hydroxyl groups excluding tert-OH is 2. The lowest BCUT2D eigenvalue weighted by Crippen LogP contribution is -2.34. The van der Waals surface area contributed by atoms with Crippen LogP contribution in [-0.4, -0.2) is 55.2 Å². The lowest BCUT2D eigenvalue weighted by atomic mass is 10.2. The summed E-state index contributed by atoms with van der Waals surface area (Å²) in [6.07, 6.45) is 0.322. The number of hydrogen-bond acceptors (Lipinski definition) is 6. The molecule has 0 radical (unpaired) electrons. The summed E-state index contributed by atoms with van der Waals surface area (Å²) >= 11 is 5.84. The molecule has 0 amide bonds. The van der Waals surface area contributed by atoms with Crippen molar-refractivity contribution in [1.82, 2.24) is 19.5 Å². The molecule has 2 N–H and O–H groups in total. The van der Waals surface area contributed by atoms with Crippen LogP contribution >= 0.6 is 11.6 Å². The van der Waals surface area contributed by atoms with Crippen molar-refractivity contribution in [1.29, 1.82) is 0 Å². The van der Waals surface area contributed by atoms with E-state index in [2.05, 4.69) is 15.0 Å². The van der Waals surface area contributed by atoms with Gasteiger partial charge in [0.05, 0.1) is 12.9 Å². The van der Waals surface area contributed by atoms with Crippen LogP contribution in [0.3, 0.4) is 0 Å². The Balaban J connectivity index is 2.11. The number of imidazole rings is 1. The molecular weight excluding hydrogens is 279 g/mol. The molecule has 0 aliphatic carbocycles. The number of rotatable bonds is 6. The number of nitrogens with zero attached hydrogens (tertiary/aromatic N) is 4. The van der Waals surface area contributed by atoms with Gasteiger partial charge in [0, 0.05) is 0 Å². The molecule has 0 fully saturated rings. The number of aromatic nitrogens is 4. The minimum absolute atomic E-state index is 0.0495. The van der Waals surface area contributed by atoms with E-state index in [0.717, 1.165) is 0 Å². The van der Waals surface area contributed by atoms with E-state index < -0.39 is 25.5 Å². The second kappa shape index (κ2) is 6.20. The molecule has 0 spiro atoms. The first-order chi connectivity index (χ1) is 9.17. The first-order valence-electron chi connectivity index (χ1n) is 5.45. The van der Waals surface area contributed by atoms with Crippen LogP contribution in [0.4, 0.5) is 4.39 Å². The van der Waals surface area contributed by atoms with Crippen LogP contribution in [0.1, 0.15) is 0 Å². The summed E-state index contributed by atoms with van der Waals surface area (Å²) in [5.74, 6) is 0. The predicted octanol–water partition coefficient (Wildman–Crippen LogP) is 0.145. The standard InChI is InChI=1S/C10H12ClFN4O3/c11-9-8-10(14-3-13-9)16(4-15-8)5-19-7(2-17)6(18)1-12/h3-4,6-7,17-18H,1-2,5H2/t6?,7-/m1/s1. The van der Waals surface area contributed by atoms with E-state index >= 15 is 0 Å². The van der Waals surface area contributed by atoms with E-state index in [-0.39, 0.29) is 11.9 Å². The van der Waals surface area contributed by atoms with Gasteiger partial charge >= 0.3 is 0 Å². The largest absolute Gasteiger partial charge is 0.394 e. The van der Waals surface area contributed by atoms with Crippen LogP contribution in [0, 0.1) is 0 Å². The van der Waals surface area contributed by atoms with Gasteiger partial charge in [0.15, 0.2) is 10.8 Å². The highest BCUT2D eigenvalue weighted by Gasteiger charge is 2.19. The van der Waals surface area contributed by atoms with E-state index in [1.165, 1.54) is 17.2 Å². The number of fused-ring (bicyclic) bond motifs is 1. The second-order valence-electron chi connectivity index (χ2n) is 3.79. The molecule has 2 aromatic rings. The molecule has 0 bridgehead atoms. The zero-order valence-electron chi connectivity index (χ0n) is 9.78. The Kier molecular flexibility index (Phi) is 4.59. The van der Waals surface area contributed by atoms with Gasteiger partial charge in [-0.3, -0.25) is 4.57 Å². The molecule has 2 heterocycles. The molecule has 0 aromatic carbocycles. The van der Waals surface area contributed by atoms with Crippen molar-refractivity contribution < 1.29 is 19.3 Å². The third kappa shape index (κ3) is 2.98. The maximum atomic E-state index is 12.3. The van der Waals surface area contributed by atoms with Gasteiger partial charge in [0.25, 0.3) is 0 Å². The fourth-order valence-corrected chi connectivity index (χ4v) is 1.68. The van der Waals surface area contributed by atoms with E-state index in [9.17, 15) is 9.50 Å². The highest BCUT2D eigenvalue weighted by molar-refractivity contribution is 6.33. The van der Waals surface area contributed by atoms with Crippen LogP contribution in [0.2, 0.25) is 5.15 Å². The summed E-state index contributed by atoms with van der Waals surface area (Å²) in [7, 11) is 0. The molecule has 0 aliphatic rings. The molecule has 0 saturated carbocycles. The van der Waals surface area contributed by atoms with Gasteiger partial charge in [-0.1, -0.05) is 11.6 Å². The second-order valence-corrected chi connectivity index (χ2v) is 4.15. The van der Waals surface area contributed by atoms with Gasteiger partial charge in [0.1, 0.15) is 37.5 Å². The van der Waals surface area contributed by atoms with Gasteiger partial charge in [-0.2, -0.15) is 0 Å². The Hall–Kier alpha value is -1.35. The fraction of sp³-hybridized carbons (Fsp3) is 0.500. The summed E-state index contributed by atoms with van der Waals surface area (Å²) in [6, 6.07) is 0. The van der Waals surface area contributed by atoms with Gasteiger partial charge in [-0.15, -0.1) is 0 Å². The molecule has 7 nitrogen and oxygen atoms in total. The van der Waals surface area contributed by atoms with Crippen LogP contribution in [0.5, 0.6) is 0 Å². The SMILES string of the molecule is OC[C@@H](OCn1cnc2c(Cl)ncnc21)C(O)CF. The molecule has 0 aliphatic heterocycles. The lowest BCUT2D eigenvalue weighted by molar-refractivity contribution is -0.0919. The van der Waals surface area contributed by atoms with E-state index in [1.807, 2.05) is 0 Å². The third-order valence-electron chi connectivity index (χ3n) is 2.55. The van der Waals surface area contributed by atoms with Crippen molar-refractivity contribution in [3.05, 3.63) is 17.8 Å². The minimum Gasteiger partial charge on any atom is -0.394 e.